The number of carbonyl (C=O) groups excluding carboxylic acids is 3. The minimum absolute atomic E-state index is 0.247. The molecule has 0 aliphatic carbocycles. The van der Waals surface area contributed by atoms with E-state index in [-0.39, 0.29) is 5.69 Å². The van der Waals surface area contributed by atoms with E-state index in [1.165, 1.54) is 18.2 Å². The monoisotopic (exact) mass is 419 g/mol. The molecular weight excluding hydrogens is 405 g/mol. The van der Waals surface area contributed by atoms with Gasteiger partial charge in [-0.25, -0.2) is 9.18 Å². The normalized spacial score (nSPS) is 19.4. The van der Waals surface area contributed by atoms with Gasteiger partial charge in [-0.05, 0) is 42.8 Å². The molecule has 1 heterocycles. The summed E-state index contributed by atoms with van der Waals surface area (Å²) < 4.78 is 13.9. The van der Waals surface area contributed by atoms with Gasteiger partial charge in [-0.3, -0.25) is 14.5 Å². The zero-order chi connectivity index (χ0) is 18.9. The van der Waals surface area contributed by atoms with E-state index >= 15 is 0 Å². The Balaban J connectivity index is 1.76. The predicted molar refractivity (Wildman–Crippen MR) is 96.8 cm³/mol. The first kappa shape index (κ1) is 18.1. The summed E-state index contributed by atoms with van der Waals surface area (Å²) in [5, 5.41) is 5.10. The smallest absolute Gasteiger partial charge is 0.324 e. The van der Waals surface area contributed by atoms with Gasteiger partial charge in [0.25, 0.3) is 5.91 Å². The van der Waals surface area contributed by atoms with E-state index < -0.39 is 35.7 Å². The van der Waals surface area contributed by atoms with Gasteiger partial charge in [0, 0.05) is 10.2 Å². The van der Waals surface area contributed by atoms with Gasteiger partial charge < -0.3 is 10.6 Å². The molecule has 0 saturated carbocycles. The number of carbonyl (C=O) groups is 3. The number of nitrogens with one attached hydrogen (secondary N) is 2. The number of imide groups is 1. The van der Waals surface area contributed by atoms with Crippen molar-refractivity contribution in [1.29, 1.82) is 0 Å². The van der Waals surface area contributed by atoms with E-state index in [0.29, 0.717) is 5.56 Å². The van der Waals surface area contributed by atoms with Crippen LogP contribution in [0.2, 0.25) is 0 Å². The standard InChI is InChI=1S/C18H15BrFN3O3/c1-18(11-4-2-5-12(19)8-11)16(25)23(17(26)22-18)10-15(24)21-14-7-3-6-13(20)9-14/h2-9H,10H2,1H3,(H,21,24)(H,22,26). The van der Waals surface area contributed by atoms with Crippen molar-refractivity contribution in [3.8, 4) is 0 Å². The molecule has 26 heavy (non-hydrogen) atoms. The molecule has 3 rings (SSSR count). The van der Waals surface area contributed by atoms with Crippen molar-refractivity contribution in [2.45, 2.75) is 12.5 Å². The highest BCUT2D eigenvalue weighted by Gasteiger charge is 2.49. The lowest BCUT2D eigenvalue weighted by Crippen LogP contribution is -2.42. The molecule has 1 saturated heterocycles. The highest BCUT2D eigenvalue weighted by Crippen LogP contribution is 2.30. The summed E-state index contributed by atoms with van der Waals surface area (Å²) in [6.07, 6.45) is 0. The molecule has 1 atom stereocenters. The van der Waals surface area contributed by atoms with Crippen molar-refractivity contribution in [1.82, 2.24) is 10.2 Å². The van der Waals surface area contributed by atoms with Crippen LogP contribution >= 0.6 is 15.9 Å². The minimum Gasteiger partial charge on any atom is -0.324 e. The second-order valence-electron chi connectivity index (χ2n) is 6.02. The fourth-order valence-corrected chi connectivity index (χ4v) is 3.15. The number of halogens is 2. The van der Waals surface area contributed by atoms with Crippen LogP contribution in [0.15, 0.2) is 53.0 Å². The molecule has 6 nitrogen and oxygen atoms in total. The highest BCUT2D eigenvalue weighted by molar-refractivity contribution is 9.10. The first-order valence-corrected chi connectivity index (χ1v) is 8.54. The van der Waals surface area contributed by atoms with E-state index in [2.05, 4.69) is 26.6 Å². The maximum Gasteiger partial charge on any atom is 0.325 e. The van der Waals surface area contributed by atoms with E-state index in [1.807, 2.05) is 0 Å². The Morgan fingerprint density at radius 2 is 1.96 bits per heavy atom. The molecular formula is C18H15BrFN3O3. The SMILES string of the molecule is CC1(c2cccc(Br)c2)NC(=O)N(CC(=O)Nc2cccc(F)c2)C1=O. The zero-order valence-electron chi connectivity index (χ0n) is 13.8. The van der Waals surface area contributed by atoms with Crippen molar-refractivity contribution in [2.24, 2.45) is 0 Å². The van der Waals surface area contributed by atoms with Crippen LogP contribution in [0.3, 0.4) is 0 Å². The lowest BCUT2D eigenvalue weighted by molar-refractivity contribution is -0.133. The van der Waals surface area contributed by atoms with Gasteiger partial charge in [-0.2, -0.15) is 0 Å². The molecule has 134 valence electrons. The van der Waals surface area contributed by atoms with Crippen molar-refractivity contribution in [2.75, 3.05) is 11.9 Å². The molecule has 2 aromatic rings. The van der Waals surface area contributed by atoms with Crippen LogP contribution in [-0.4, -0.2) is 29.3 Å². The average Bonchev–Trinajstić information content (AvgIpc) is 2.79. The maximum absolute atomic E-state index is 13.2. The highest BCUT2D eigenvalue weighted by atomic mass is 79.9. The summed E-state index contributed by atoms with van der Waals surface area (Å²) in [6.45, 7) is 1.12. The number of urea groups is 1. The quantitative estimate of drug-likeness (QED) is 0.747. The summed E-state index contributed by atoms with van der Waals surface area (Å²) in [4.78, 5) is 38.0. The molecule has 1 fully saturated rings. The topological polar surface area (TPSA) is 78.5 Å². The van der Waals surface area contributed by atoms with Crippen molar-refractivity contribution < 1.29 is 18.8 Å². The van der Waals surface area contributed by atoms with Crippen LogP contribution in [0.4, 0.5) is 14.9 Å². The molecule has 0 bridgehead atoms. The van der Waals surface area contributed by atoms with Crippen LogP contribution in [0.1, 0.15) is 12.5 Å². The van der Waals surface area contributed by atoms with E-state index in [4.69, 9.17) is 0 Å². The van der Waals surface area contributed by atoms with Crippen LogP contribution in [0, 0.1) is 5.82 Å². The fourth-order valence-electron chi connectivity index (χ4n) is 2.75. The Morgan fingerprint density at radius 3 is 2.65 bits per heavy atom. The third-order valence-corrected chi connectivity index (χ3v) is 4.58. The first-order valence-electron chi connectivity index (χ1n) is 7.75. The molecule has 0 aromatic heterocycles. The molecule has 1 aliphatic heterocycles. The molecule has 8 heteroatoms. The maximum atomic E-state index is 13.2. The van der Waals surface area contributed by atoms with E-state index in [1.54, 1.807) is 31.2 Å². The van der Waals surface area contributed by atoms with E-state index in [9.17, 15) is 18.8 Å². The van der Waals surface area contributed by atoms with Crippen molar-refractivity contribution in [3.63, 3.8) is 0 Å². The number of nitrogens with zero attached hydrogens (tertiary/aromatic N) is 1. The minimum atomic E-state index is -1.26. The van der Waals surface area contributed by atoms with Crippen LogP contribution < -0.4 is 10.6 Å². The Morgan fingerprint density at radius 1 is 1.23 bits per heavy atom. The largest absolute Gasteiger partial charge is 0.325 e. The van der Waals surface area contributed by atoms with Crippen molar-refractivity contribution in [3.05, 3.63) is 64.4 Å². The first-order chi connectivity index (χ1) is 12.3. The molecule has 1 aliphatic rings. The second-order valence-corrected chi connectivity index (χ2v) is 6.93. The molecule has 0 radical (unpaired) electrons. The Labute approximate surface area is 157 Å². The summed E-state index contributed by atoms with van der Waals surface area (Å²) in [5.41, 5.74) is -0.421. The molecule has 1 unspecified atom stereocenters. The molecule has 4 amide bonds. The summed E-state index contributed by atoms with van der Waals surface area (Å²) in [5.74, 6) is -1.63. The second kappa shape index (κ2) is 6.87. The molecule has 2 aromatic carbocycles. The van der Waals surface area contributed by atoms with Gasteiger partial charge in [0.1, 0.15) is 17.9 Å². The van der Waals surface area contributed by atoms with Gasteiger partial charge in [-0.15, -0.1) is 0 Å². The Kier molecular flexibility index (Phi) is 4.78. The number of hydrogen-bond acceptors (Lipinski definition) is 3. The summed E-state index contributed by atoms with van der Waals surface area (Å²) >= 11 is 3.33. The molecule has 2 N–H and O–H groups in total. The number of hydrogen-bond donors (Lipinski definition) is 2. The van der Waals surface area contributed by atoms with Crippen LogP contribution in [0.5, 0.6) is 0 Å². The third-order valence-electron chi connectivity index (χ3n) is 4.09. The third kappa shape index (κ3) is 3.45. The lowest BCUT2D eigenvalue weighted by atomic mass is 9.92. The van der Waals surface area contributed by atoms with Gasteiger partial charge >= 0.3 is 6.03 Å². The average molecular weight is 420 g/mol. The predicted octanol–water partition coefficient (Wildman–Crippen LogP) is 2.99. The summed E-state index contributed by atoms with van der Waals surface area (Å²) in [6, 6.07) is 11.7. The van der Waals surface area contributed by atoms with E-state index in [0.717, 1.165) is 15.4 Å². The fraction of sp³-hybridized carbons (Fsp3) is 0.167. The van der Waals surface area contributed by atoms with Gasteiger partial charge in [0.15, 0.2) is 0 Å². The molecule has 0 spiro atoms. The summed E-state index contributed by atoms with van der Waals surface area (Å²) in [7, 11) is 0. The zero-order valence-corrected chi connectivity index (χ0v) is 15.3. The van der Waals surface area contributed by atoms with Crippen LogP contribution in [-0.2, 0) is 15.1 Å². The Hall–Kier alpha value is -2.74. The van der Waals surface area contributed by atoms with Gasteiger partial charge in [0.2, 0.25) is 5.91 Å². The van der Waals surface area contributed by atoms with Crippen LogP contribution in [0.25, 0.3) is 0 Å². The lowest BCUT2D eigenvalue weighted by Gasteiger charge is -2.22. The van der Waals surface area contributed by atoms with Gasteiger partial charge in [-0.1, -0.05) is 34.1 Å². The number of anilines is 1. The number of amides is 4. The van der Waals surface area contributed by atoms with Crippen molar-refractivity contribution >= 4 is 39.5 Å². The van der Waals surface area contributed by atoms with Gasteiger partial charge in [0.05, 0.1) is 0 Å². The number of benzene rings is 2. The Bertz CT molecular complexity index is 905. The number of rotatable bonds is 4.